The van der Waals surface area contributed by atoms with E-state index in [0.717, 1.165) is 25.1 Å². The van der Waals surface area contributed by atoms with Crippen LogP contribution in [0.4, 0.5) is 0 Å². The molecule has 0 spiro atoms. The summed E-state index contributed by atoms with van der Waals surface area (Å²) in [6.45, 7) is 5.88. The maximum Gasteiger partial charge on any atom is 0.188 e. The molecule has 0 bridgehead atoms. The number of nitrogens with one attached hydrogen (secondary N) is 1. The summed E-state index contributed by atoms with van der Waals surface area (Å²) < 4.78 is 0. The van der Waals surface area contributed by atoms with Gasteiger partial charge in [0.05, 0.1) is 6.54 Å². The molecule has 0 amide bonds. The van der Waals surface area contributed by atoms with Crippen LogP contribution in [-0.2, 0) is 6.42 Å². The Kier molecular flexibility index (Phi) is 9.58. The molecule has 2 rings (SSSR count). The van der Waals surface area contributed by atoms with Gasteiger partial charge in [-0.15, -0.1) is 24.0 Å². The second kappa shape index (κ2) is 10.6. The summed E-state index contributed by atoms with van der Waals surface area (Å²) in [6.07, 6.45) is 3.19. The van der Waals surface area contributed by atoms with Gasteiger partial charge in [-0.2, -0.15) is 0 Å². The quantitative estimate of drug-likeness (QED) is 0.379. The van der Waals surface area contributed by atoms with Crippen LogP contribution in [0.3, 0.4) is 0 Å². The Bertz CT molecular complexity index is 505. The molecule has 1 fully saturated rings. The minimum atomic E-state index is 0. The van der Waals surface area contributed by atoms with Crippen molar-refractivity contribution >= 4 is 53.1 Å². The lowest BCUT2D eigenvalue weighted by Crippen LogP contribution is -2.36. The van der Waals surface area contributed by atoms with E-state index >= 15 is 0 Å². The second-order valence-corrected chi connectivity index (χ2v) is 6.34. The SMILES string of the molecule is CCN1CCCC1CN=C(N)NCCc1c(Cl)cccc1Cl.I. The Morgan fingerprint density at radius 3 is 2.74 bits per heavy atom. The van der Waals surface area contributed by atoms with Crippen LogP contribution in [0.1, 0.15) is 25.3 Å². The van der Waals surface area contributed by atoms with E-state index in [9.17, 15) is 0 Å². The number of nitrogens with zero attached hydrogens (tertiary/aromatic N) is 2. The fourth-order valence-electron chi connectivity index (χ4n) is 2.86. The Labute approximate surface area is 165 Å². The third kappa shape index (κ3) is 6.29. The first-order valence-electron chi connectivity index (χ1n) is 7.82. The van der Waals surface area contributed by atoms with Crippen molar-refractivity contribution < 1.29 is 0 Å². The van der Waals surface area contributed by atoms with Crippen molar-refractivity contribution in [2.24, 2.45) is 10.7 Å². The van der Waals surface area contributed by atoms with Crippen LogP contribution >= 0.6 is 47.2 Å². The molecule has 0 saturated carbocycles. The monoisotopic (exact) mass is 470 g/mol. The van der Waals surface area contributed by atoms with Gasteiger partial charge in [-0.3, -0.25) is 9.89 Å². The van der Waals surface area contributed by atoms with Gasteiger partial charge in [0.25, 0.3) is 0 Å². The van der Waals surface area contributed by atoms with Crippen molar-refractivity contribution in [1.82, 2.24) is 10.2 Å². The minimum absolute atomic E-state index is 0. The zero-order valence-electron chi connectivity index (χ0n) is 13.4. The Morgan fingerprint density at radius 2 is 2.09 bits per heavy atom. The smallest absolute Gasteiger partial charge is 0.188 e. The Hall–Kier alpha value is -0.240. The highest BCUT2D eigenvalue weighted by molar-refractivity contribution is 14.0. The van der Waals surface area contributed by atoms with Crippen molar-refractivity contribution in [2.45, 2.75) is 32.2 Å². The zero-order chi connectivity index (χ0) is 15.9. The van der Waals surface area contributed by atoms with Crippen LogP contribution in [0.5, 0.6) is 0 Å². The van der Waals surface area contributed by atoms with Gasteiger partial charge in [-0.1, -0.05) is 36.2 Å². The second-order valence-electron chi connectivity index (χ2n) is 5.53. The van der Waals surface area contributed by atoms with Crippen molar-refractivity contribution in [3.05, 3.63) is 33.8 Å². The topological polar surface area (TPSA) is 53.6 Å². The predicted molar refractivity (Wildman–Crippen MR) is 110 cm³/mol. The van der Waals surface area contributed by atoms with Gasteiger partial charge in [0.15, 0.2) is 5.96 Å². The average Bonchev–Trinajstić information content (AvgIpc) is 2.95. The van der Waals surface area contributed by atoms with Crippen LogP contribution in [0.25, 0.3) is 0 Å². The van der Waals surface area contributed by atoms with Crippen LogP contribution in [0.15, 0.2) is 23.2 Å². The average molecular weight is 471 g/mol. The van der Waals surface area contributed by atoms with Crippen molar-refractivity contribution in [2.75, 3.05) is 26.2 Å². The Morgan fingerprint density at radius 1 is 1.39 bits per heavy atom. The van der Waals surface area contributed by atoms with E-state index in [-0.39, 0.29) is 24.0 Å². The van der Waals surface area contributed by atoms with Crippen molar-refractivity contribution in [3.63, 3.8) is 0 Å². The first kappa shape index (κ1) is 20.8. The lowest BCUT2D eigenvalue weighted by molar-refractivity contribution is 0.273. The molecule has 23 heavy (non-hydrogen) atoms. The minimum Gasteiger partial charge on any atom is -0.370 e. The number of nitrogens with two attached hydrogens (primary N) is 1. The Balaban J connectivity index is 0.00000264. The fraction of sp³-hybridized carbons (Fsp3) is 0.562. The summed E-state index contributed by atoms with van der Waals surface area (Å²) in [5.41, 5.74) is 6.88. The van der Waals surface area contributed by atoms with E-state index in [1.54, 1.807) is 0 Å². The number of hydrogen-bond donors (Lipinski definition) is 2. The van der Waals surface area contributed by atoms with E-state index in [4.69, 9.17) is 28.9 Å². The number of hydrogen-bond acceptors (Lipinski definition) is 2. The molecule has 1 atom stereocenters. The summed E-state index contributed by atoms with van der Waals surface area (Å²) >= 11 is 12.3. The molecule has 0 aliphatic carbocycles. The maximum atomic E-state index is 6.14. The molecule has 0 radical (unpaired) electrons. The molecule has 0 aromatic heterocycles. The molecule has 1 aromatic rings. The van der Waals surface area contributed by atoms with Crippen molar-refractivity contribution in [3.8, 4) is 0 Å². The maximum absolute atomic E-state index is 6.14. The zero-order valence-corrected chi connectivity index (χ0v) is 17.2. The molecule has 130 valence electrons. The fourth-order valence-corrected chi connectivity index (χ4v) is 3.45. The van der Waals surface area contributed by atoms with Gasteiger partial charge in [-0.05, 0) is 50.0 Å². The molecule has 1 unspecified atom stereocenters. The third-order valence-corrected chi connectivity index (χ3v) is 4.83. The standard InChI is InChI=1S/C16H24Cl2N4.HI/c1-2-22-10-4-5-12(22)11-21-16(19)20-9-8-13-14(17)6-3-7-15(13)18;/h3,6-7,12H,2,4-5,8-11H2,1H3,(H3,19,20,21);1H. The highest BCUT2D eigenvalue weighted by atomic mass is 127. The summed E-state index contributed by atoms with van der Waals surface area (Å²) in [6, 6.07) is 6.07. The number of aliphatic imine (C=N–C) groups is 1. The summed E-state index contributed by atoms with van der Waals surface area (Å²) in [4.78, 5) is 6.91. The molecule has 4 nitrogen and oxygen atoms in total. The molecule has 7 heteroatoms. The summed E-state index contributed by atoms with van der Waals surface area (Å²) in [5, 5.41) is 4.51. The van der Waals surface area contributed by atoms with E-state index in [2.05, 4.69) is 22.1 Å². The third-order valence-electron chi connectivity index (χ3n) is 4.12. The van der Waals surface area contributed by atoms with E-state index in [1.165, 1.54) is 19.4 Å². The molecular weight excluding hydrogens is 446 g/mol. The van der Waals surface area contributed by atoms with E-state index in [1.807, 2.05) is 18.2 Å². The summed E-state index contributed by atoms with van der Waals surface area (Å²) in [7, 11) is 0. The predicted octanol–water partition coefficient (Wildman–Crippen LogP) is 3.54. The van der Waals surface area contributed by atoms with Gasteiger partial charge in [0, 0.05) is 22.6 Å². The number of likely N-dealkylation sites (N-methyl/N-ethyl adjacent to an activating group) is 1. The number of benzene rings is 1. The normalized spacial score (nSPS) is 18.7. The molecule has 3 N–H and O–H groups in total. The molecule has 1 saturated heterocycles. The lowest BCUT2D eigenvalue weighted by atomic mass is 10.1. The summed E-state index contributed by atoms with van der Waals surface area (Å²) in [5.74, 6) is 0.492. The number of rotatable bonds is 6. The van der Waals surface area contributed by atoms with Crippen LogP contribution < -0.4 is 11.1 Å². The van der Waals surface area contributed by atoms with Gasteiger partial charge in [-0.25, -0.2) is 0 Å². The van der Waals surface area contributed by atoms with Crippen LogP contribution in [0.2, 0.25) is 10.0 Å². The molecule has 1 aromatic carbocycles. The number of halogens is 3. The first-order chi connectivity index (χ1) is 10.6. The van der Waals surface area contributed by atoms with Gasteiger partial charge >= 0.3 is 0 Å². The first-order valence-corrected chi connectivity index (χ1v) is 8.58. The van der Waals surface area contributed by atoms with E-state index in [0.29, 0.717) is 28.6 Å². The largest absolute Gasteiger partial charge is 0.370 e. The van der Waals surface area contributed by atoms with Gasteiger partial charge in [0.1, 0.15) is 0 Å². The van der Waals surface area contributed by atoms with Crippen LogP contribution in [-0.4, -0.2) is 43.1 Å². The number of guanidine groups is 1. The highest BCUT2D eigenvalue weighted by Gasteiger charge is 2.22. The van der Waals surface area contributed by atoms with Gasteiger partial charge < -0.3 is 11.1 Å². The number of likely N-dealkylation sites (tertiary alicyclic amines) is 1. The van der Waals surface area contributed by atoms with Crippen LogP contribution in [0, 0.1) is 0 Å². The molecular formula is C16H25Cl2IN4. The van der Waals surface area contributed by atoms with Crippen molar-refractivity contribution in [1.29, 1.82) is 0 Å². The highest BCUT2D eigenvalue weighted by Crippen LogP contribution is 2.24. The molecule has 1 aliphatic heterocycles. The molecule has 1 heterocycles. The lowest BCUT2D eigenvalue weighted by Gasteiger charge is -2.21. The van der Waals surface area contributed by atoms with Gasteiger partial charge in [0.2, 0.25) is 0 Å². The van der Waals surface area contributed by atoms with E-state index < -0.39 is 0 Å². The molecule has 1 aliphatic rings.